The molecular formula is C28H43N5O5S3. The molecular weight excluding hydrogens is 583 g/mol. The summed E-state index contributed by atoms with van der Waals surface area (Å²) in [7, 11) is 3.31. The molecule has 0 aliphatic rings. The minimum Gasteiger partial charge on any atom is -0.449 e. The molecule has 0 spiro atoms. The van der Waals surface area contributed by atoms with Gasteiger partial charge in [0, 0.05) is 79.0 Å². The molecule has 0 aliphatic carbocycles. The first-order chi connectivity index (χ1) is 19.5. The van der Waals surface area contributed by atoms with Crippen LogP contribution in [0.1, 0.15) is 40.0 Å². The lowest BCUT2D eigenvalue weighted by atomic mass is 10.1. The third-order valence-electron chi connectivity index (χ3n) is 6.22. The second kappa shape index (κ2) is 17.5. The van der Waals surface area contributed by atoms with E-state index in [9.17, 15) is 18.0 Å². The number of fused-ring (bicyclic) bond motifs is 1. The van der Waals surface area contributed by atoms with E-state index in [4.69, 9.17) is 10.5 Å². The second-order valence-electron chi connectivity index (χ2n) is 9.61. The molecule has 10 nitrogen and oxygen atoms in total. The standard InChI is InChI=1S/C28H43N5O5S3/c1-6-9-21(2)39-40-26(22(3)33(20-34)18-15-29)14-19-38-28(35)30-16-17-31-41(36,37)27-13-8-10-23-24(27)11-7-12-25(23)32(4)5/h7-8,10-13,20-21,31H,6,9,14-19,29H2,1-5H3,(H,30,35)/b26-22-. The zero-order chi connectivity index (χ0) is 30.4. The number of anilines is 1. The fourth-order valence-electron chi connectivity index (χ4n) is 4.08. The maximum Gasteiger partial charge on any atom is 0.407 e. The first-order valence-electron chi connectivity index (χ1n) is 13.6. The zero-order valence-electron chi connectivity index (χ0n) is 24.5. The minimum atomic E-state index is -3.81. The van der Waals surface area contributed by atoms with Crippen molar-refractivity contribution in [2.24, 2.45) is 5.73 Å². The number of nitrogens with zero attached hydrogens (tertiary/aromatic N) is 2. The molecule has 4 N–H and O–H groups in total. The van der Waals surface area contributed by atoms with Crippen molar-refractivity contribution in [2.45, 2.75) is 50.2 Å². The van der Waals surface area contributed by atoms with Crippen LogP contribution in [-0.4, -0.2) is 78.0 Å². The van der Waals surface area contributed by atoms with Crippen LogP contribution in [0.25, 0.3) is 10.8 Å². The highest BCUT2D eigenvalue weighted by Crippen LogP contribution is 2.39. The van der Waals surface area contributed by atoms with Gasteiger partial charge in [0.15, 0.2) is 0 Å². The predicted octanol–water partition coefficient (Wildman–Crippen LogP) is 4.52. The Morgan fingerprint density at radius 3 is 2.51 bits per heavy atom. The Morgan fingerprint density at radius 2 is 1.85 bits per heavy atom. The quantitative estimate of drug-likeness (QED) is 0.124. The summed E-state index contributed by atoms with van der Waals surface area (Å²) in [5, 5.41) is 4.48. The first-order valence-corrected chi connectivity index (χ1v) is 17.3. The van der Waals surface area contributed by atoms with Crippen molar-refractivity contribution in [2.75, 3.05) is 51.8 Å². The number of hydrogen-bond donors (Lipinski definition) is 3. The summed E-state index contributed by atoms with van der Waals surface area (Å²) < 4.78 is 34.0. The van der Waals surface area contributed by atoms with E-state index in [-0.39, 0.29) is 24.6 Å². The number of sulfonamides is 1. The number of hydrogen-bond acceptors (Lipinski definition) is 9. The minimum absolute atomic E-state index is 0.000640. The normalized spacial score (nSPS) is 12.9. The second-order valence-corrected chi connectivity index (χ2v) is 14.1. The highest BCUT2D eigenvalue weighted by Gasteiger charge is 2.18. The van der Waals surface area contributed by atoms with Crippen molar-refractivity contribution >= 4 is 60.6 Å². The van der Waals surface area contributed by atoms with E-state index in [0.29, 0.717) is 30.1 Å². The van der Waals surface area contributed by atoms with Crippen LogP contribution in [0.3, 0.4) is 0 Å². The number of rotatable bonds is 18. The maximum atomic E-state index is 13.0. The molecule has 0 heterocycles. The molecule has 0 saturated heterocycles. The van der Waals surface area contributed by atoms with Gasteiger partial charge in [0.05, 0.1) is 11.5 Å². The Bertz CT molecular complexity index is 1290. The van der Waals surface area contributed by atoms with Gasteiger partial charge in [-0.05, 0) is 25.5 Å². The Morgan fingerprint density at radius 1 is 1.15 bits per heavy atom. The molecule has 0 radical (unpaired) electrons. The van der Waals surface area contributed by atoms with Gasteiger partial charge in [-0.2, -0.15) is 0 Å². The molecule has 228 valence electrons. The maximum absolute atomic E-state index is 13.0. The van der Waals surface area contributed by atoms with Crippen LogP contribution in [0.4, 0.5) is 10.5 Å². The van der Waals surface area contributed by atoms with E-state index in [2.05, 4.69) is 23.9 Å². The molecule has 0 saturated carbocycles. The van der Waals surface area contributed by atoms with Crippen LogP contribution in [0.5, 0.6) is 0 Å². The molecule has 41 heavy (non-hydrogen) atoms. The van der Waals surface area contributed by atoms with Gasteiger partial charge in [0.25, 0.3) is 0 Å². The van der Waals surface area contributed by atoms with Crippen molar-refractivity contribution in [3.05, 3.63) is 47.0 Å². The lowest BCUT2D eigenvalue weighted by Gasteiger charge is -2.21. The molecule has 0 fully saturated rings. The van der Waals surface area contributed by atoms with Gasteiger partial charge < -0.3 is 25.6 Å². The fraction of sp³-hybridized carbons (Fsp3) is 0.500. The summed E-state index contributed by atoms with van der Waals surface area (Å²) in [6.07, 6.45) is 2.71. The molecule has 0 bridgehead atoms. The topological polar surface area (TPSA) is 134 Å². The lowest BCUT2D eigenvalue weighted by Crippen LogP contribution is -2.35. The summed E-state index contributed by atoms with van der Waals surface area (Å²) in [5.41, 5.74) is 7.35. The van der Waals surface area contributed by atoms with Crippen LogP contribution < -0.4 is 20.7 Å². The van der Waals surface area contributed by atoms with E-state index in [1.165, 1.54) is 0 Å². The van der Waals surface area contributed by atoms with Crippen molar-refractivity contribution in [1.82, 2.24) is 14.9 Å². The number of nitrogens with one attached hydrogen (secondary N) is 2. The molecule has 1 unspecified atom stereocenters. The number of nitrogens with two attached hydrogens (primary N) is 1. The summed E-state index contributed by atoms with van der Waals surface area (Å²) >= 11 is 0. The number of carbonyl (C=O) groups excluding carboxylic acids is 2. The van der Waals surface area contributed by atoms with E-state index < -0.39 is 16.1 Å². The fourth-order valence-corrected chi connectivity index (χ4v) is 8.09. The van der Waals surface area contributed by atoms with E-state index in [0.717, 1.165) is 40.9 Å². The van der Waals surface area contributed by atoms with Gasteiger partial charge in [0.2, 0.25) is 16.4 Å². The van der Waals surface area contributed by atoms with Gasteiger partial charge in [-0.3, -0.25) is 4.79 Å². The van der Waals surface area contributed by atoms with Gasteiger partial charge >= 0.3 is 6.09 Å². The van der Waals surface area contributed by atoms with Gasteiger partial charge in [-0.15, -0.1) is 0 Å². The Hall–Kier alpha value is -2.45. The molecule has 2 aromatic carbocycles. The van der Waals surface area contributed by atoms with Crippen LogP contribution in [-0.2, 0) is 19.6 Å². The Kier molecular flexibility index (Phi) is 14.8. The van der Waals surface area contributed by atoms with Crippen molar-refractivity contribution in [3.8, 4) is 0 Å². The zero-order valence-corrected chi connectivity index (χ0v) is 27.0. The summed E-state index contributed by atoms with van der Waals surface area (Å²) in [5.74, 6) is 0. The first kappa shape index (κ1) is 34.7. The van der Waals surface area contributed by atoms with E-state index >= 15 is 0 Å². The van der Waals surface area contributed by atoms with Crippen molar-refractivity contribution in [1.29, 1.82) is 0 Å². The number of benzene rings is 2. The highest BCUT2D eigenvalue weighted by molar-refractivity contribution is 8.78. The monoisotopic (exact) mass is 625 g/mol. The number of amides is 2. The molecule has 2 rings (SSSR count). The molecule has 1 atom stereocenters. The largest absolute Gasteiger partial charge is 0.449 e. The number of ether oxygens (including phenoxy) is 1. The SMILES string of the molecule is CCCC(C)SS/C(CCOC(=O)NCCNS(=O)(=O)c1cccc2c(N(C)C)cccc12)=C(/C)N(C=O)CCN. The van der Waals surface area contributed by atoms with Crippen LogP contribution >= 0.6 is 21.6 Å². The molecule has 13 heteroatoms. The van der Waals surface area contributed by atoms with Crippen LogP contribution in [0, 0.1) is 0 Å². The average molecular weight is 626 g/mol. The van der Waals surface area contributed by atoms with E-state index in [1.807, 2.05) is 44.1 Å². The van der Waals surface area contributed by atoms with Gasteiger partial charge in [0.1, 0.15) is 0 Å². The van der Waals surface area contributed by atoms with Crippen LogP contribution in [0.2, 0.25) is 0 Å². The lowest BCUT2D eigenvalue weighted by molar-refractivity contribution is -0.116. The molecule has 2 aromatic rings. The van der Waals surface area contributed by atoms with Crippen LogP contribution in [0.15, 0.2) is 51.9 Å². The number of allylic oxidation sites excluding steroid dienone is 1. The highest BCUT2D eigenvalue weighted by atomic mass is 33.1. The smallest absolute Gasteiger partial charge is 0.407 e. The Labute approximate surface area is 252 Å². The summed E-state index contributed by atoms with van der Waals surface area (Å²) in [6, 6.07) is 10.7. The number of alkyl carbamates (subject to hydrolysis) is 1. The third-order valence-corrected chi connectivity index (χ3v) is 11.0. The summed E-state index contributed by atoms with van der Waals surface area (Å²) in [6.45, 7) is 7.07. The summed E-state index contributed by atoms with van der Waals surface area (Å²) in [4.78, 5) is 28.5. The predicted molar refractivity (Wildman–Crippen MR) is 172 cm³/mol. The van der Waals surface area contributed by atoms with Gasteiger partial charge in [-0.1, -0.05) is 66.1 Å². The van der Waals surface area contributed by atoms with Crippen molar-refractivity contribution in [3.63, 3.8) is 0 Å². The third kappa shape index (κ3) is 10.7. The molecule has 2 amide bonds. The Balaban J connectivity index is 1.92. The molecule has 0 aliphatic heterocycles. The van der Waals surface area contributed by atoms with Gasteiger partial charge in [-0.25, -0.2) is 17.9 Å². The van der Waals surface area contributed by atoms with E-state index in [1.54, 1.807) is 44.7 Å². The average Bonchev–Trinajstić information content (AvgIpc) is 2.94. The number of carbonyl (C=O) groups is 2. The molecule has 0 aromatic heterocycles. The van der Waals surface area contributed by atoms with Crippen molar-refractivity contribution < 1.29 is 22.7 Å².